The van der Waals surface area contributed by atoms with Gasteiger partial charge in [-0.1, -0.05) is 50.1 Å². The van der Waals surface area contributed by atoms with Gasteiger partial charge in [-0.05, 0) is 24.1 Å². The summed E-state index contributed by atoms with van der Waals surface area (Å²) in [5, 5.41) is 5.73. The Morgan fingerprint density at radius 1 is 1.11 bits per heavy atom. The van der Waals surface area contributed by atoms with Crippen LogP contribution in [0.3, 0.4) is 0 Å². The van der Waals surface area contributed by atoms with Gasteiger partial charge < -0.3 is 20.8 Å². The number of furan rings is 1. The summed E-state index contributed by atoms with van der Waals surface area (Å²) in [6.45, 7) is 2.47. The molecule has 0 saturated carbocycles. The molecule has 2 amide bonds. The zero-order chi connectivity index (χ0) is 18.8. The van der Waals surface area contributed by atoms with Crippen LogP contribution in [0.25, 0.3) is 0 Å². The summed E-state index contributed by atoms with van der Waals surface area (Å²) in [7, 11) is 0. The molecule has 7 heteroatoms. The summed E-state index contributed by atoms with van der Waals surface area (Å²) in [4.78, 5) is 25.1. The lowest BCUT2D eigenvalue weighted by atomic mass is 10.0. The van der Waals surface area contributed by atoms with Crippen molar-refractivity contribution in [2.24, 2.45) is 5.73 Å². The van der Waals surface area contributed by atoms with Crippen molar-refractivity contribution in [3.8, 4) is 0 Å². The van der Waals surface area contributed by atoms with Crippen molar-refractivity contribution in [3.05, 3.63) is 60.1 Å². The number of hydrogen-bond donors (Lipinski definition) is 3. The first kappa shape index (κ1) is 22.7. The van der Waals surface area contributed by atoms with Gasteiger partial charge in [-0.3, -0.25) is 9.59 Å². The molecule has 0 aliphatic carbocycles. The number of benzene rings is 1. The molecular formula is C20H28ClN3O3. The number of unbranched alkanes of at least 4 members (excludes halogenated alkanes) is 1. The van der Waals surface area contributed by atoms with E-state index in [9.17, 15) is 9.59 Å². The van der Waals surface area contributed by atoms with Crippen molar-refractivity contribution < 1.29 is 14.0 Å². The molecule has 0 bridgehead atoms. The van der Waals surface area contributed by atoms with Crippen LogP contribution in [-0.2, 0) is 11.2 Å². The Morgan fingerprint density at radius 2 is 1.85 bits per heavy atom. The average Bonchev–Trinajstić information content (AvgIpc) is 3.20. The number of halogens is 1. The summed E-state index contributed by atoms with van der Waals surface area (Å²) in [6, 6.07) is 12.0. The van der Waals surface area contributed by atoms with E-state index in [0.29, 0.717) is 13.0 Å². The molecule has 1 aromatic carbocycles. The molecular weight excluding hydrogens is 366 g/mol. The van der Waals surface area contributed by atoms with Gasteiger partial charge in [0.25, 0.3) is 5.91 Å². The van der Waals surface area contributed by atoms with Crippen molar-refractivity contribution in [3.63, 3.8) is 0 Å². The minimum atomic E-state index is -0.703. The standard InChI is InChI=1S/C20H27N3O3.ClH/c1-2-3-10-16(14-21)22-19(24)17(13-15-8-5-4-6-9-15)23-20(25)18-11-7-12-26-18;/h4-9,11-12,16-17H,2-3,10,13-14,21H2,1H3,(H,22,24)(H,23,25);1H. The zero-order valence-electron chi connectivity index (χ0n) is 15.5. The highest BCUT2D eigenvalue weighted by Crippen LogP contribution is 2.07. The van der Waals surface area contributed by atoms with Crippen LogP contribution in [0.1, 0.15) is 42.3 Å². The Balaban J connectivity index is 0.00000364. The number of nitrogens with one attached hydrogen (secondary N) is 2. The van der Waals surface area contributed by atoms with E-state index in [2.05, 4.69) is 17.6 Å². The number of carbonyl (C=O) groups is 2. The maximum Gasteiger partial charge on any atom is 0.287 e. The van der Waals surface area contributed by atoms with E-state index in [-0.39, 0.29) is 30.1 Å². The third kappa shape index (κ3) is 7.45. The first-order valence-corrected chi connectivity index (χ1v) is 9.02. The van der Waals surface area contributed by atoms with Crippen LogP contribution in [0.2, 0.25) is 0 Å². The van der Waals surface area contributed by atoms with Gasteiger partial charge in [-0.15, -0.1) is 12.4 Å². The molecule has 0 radical (unpaired) electrons. The predicted molar refractivity (Wildman–Crippen MR) is 108 cm³/mol. The highest BCUT2D eigenvalue weighted by atomic mass is 35.5. The van der Waals surface area contributed by atoms with E-state index in [1.54, 1.807) is 12.1 Å². The molecule has 6 nitrogen and oxygen atoms in total. The van der Waals surface area contributed by atoms with Crippen LogP contribution in [0.4, 0.5) is 0 Å². The van der Waals surface area contributed by atoms with Crippen LogP contribution in [0.15, 0.2) is 53.1 Å². The fraction of sp³-hybridized carbons (Fsp3) is 0.400. The second-order valence-corrected chi connectivity index (χ2v) is 6.28. The SMILES string of the molecule is CCCCC(CN)NC(=O)C(Cc1ccccc1)NC(=O)c1ccco1.Cl. The Kier molecular flexibility index (Phi) is 10.2. The molecule has 1 heterocycles. The van der Waals surface area contributed by atoms with Crippen LogP contribution >= 0.6 is 12.4 Å². The minimum Gasteiger partial charge on any atom is -0.459 e. The quantitative estimate of drug-likeness (QED) is 0.578. The van der Waals surface area contributed by atoms with Crippen LogP contribution in [-0.4, -0.2) is 30.4 Å². The van der Waals surface area contributed by atoms with Gasteiger partial charge in [0.2, 0.25) is 5.91 Å². The maximum absolute atomic E-state index is 12.8. The molecule has 0 aliphatic heterocycles. The molecule has 1 aromatic heterocycles. The lowest BCUT2D eigenvalue weighted by Crippen LogP contribution is -2.52. The zero-order valence-corrected chi connectivity index (χ0v) is 16.3. The smallest absolute Gasteiger partial charge is 0.287 e. The van der Waals surface area contributed by atoms with Crippen molar-refractivity contribution >= 4 is 24.2 Å². The molecule has 148 valence electrons. The van der Waals surface area contributed by atoms with Crippen LogP contribution in [0, 0.1) is 0 Å². The molecule has 2 atom stereocenters. The predicted octanol–water partition coefficient (Wildman–Crippen LogP) is 2.68. The largest absolute Gasteiger partial charge is 0.459 e. The van der Waals surface area contributed by atoms with E-state index in [4.69, 9.17) is 10.2 Å². The van der Waals surface area contributed by atoms with Crippen molar-refractivity contribution in [1.29, 1.82) is 0 Å². The Labute approximate surface area is 166 Å². The van der Waals surface area contributed by atoms with E-state index in [1.807, 2.05) is 30.3 Å². The number of hydrogen-bond acceptors (Lipinski definition) is 4. The van der Waals surface area contributed by atoms with Crippen molar-refractivity contribution in [1.82, 2.24) is 10.6 Å². The Morgan fingerprint density at radius 3 is 2.44 bits per heavy atom. The first-order chi connectivity index (χ1) is 12.6. The summed E-state index contributed by atoms with van der Waals surface area (Å²) < 4.78 is 5.12. The molecule has 0 spiro atoms. The molecule has 0 aliphatic rings. The monoisotopic (exact) mass is 393 g/mol. The van der Waals surface area contributed by atoms with Gasteiger partial charge in [-0.2, -0.15) is 0 Å². The van der Waals surface area contributed by atoms with Crippen molar-refractivity contribution in [2.45, 2.75) is 44.7 Å². The number of rotatable bonds is 10. The van der Waals surface area contributed by atoms with Gasteiger partial charge in [0, 0.05) is 19.0 Å². The van der Waals surface area contributed by atoms with E-state index >= 15 is 0 Å². The molecule has 2 unspecified atom stereocenters. The number of carbonyl (C=O) groups excluding carboxylic acids is 2. The second kappa shape index (κ2) is 12.1. The summed E-state index contributed by atoms with van der Waals surface area (Å²) in [5.41, 5.74) is 6.74. The third-order valence-corrected chi connectivity index (χ3v) is 4.19. The van der Waals surface area contributed by atoms with E-state index in [0.717, 1.165) is 24.8 Å². The highest BCUT2D eigenvalue weighted by molar-refractivity contribution is 5.95. The summed E-state index contributed by atoms with van der Waals surface area (Å²) >= 11 is 0. The van der Waals surface area contributed by atoms with Gasteiger partial charge in [0.05, 0.1) is 6.26 Å². The third-order valence-electron chi connectivity index (χ3n) is 4.19. The van der Waals surface area contributed by atoms with Crippen LogP contribution in [0.5, 0.6) is 0 Å². The average molecular weight is 394 g/mol. The van der Waals surface area contributed by atoms with Crippen LogP contribution < -0.4 is 16.4 Å². The molecule has 2 aromatic rings. The molecule has 2 rings (SSSR count). The van der Waals surface area contributed by atoms with Gasteiger partial charge in [0.15, 0.2) is 5.76 Å². The van der Waals surface area contributed by atoms with Gasteiger partial charge >= 0.3 is 0 Å². The normalized spacial score (nSPS) is 12.5. The Hall–Kier alpha value is -2.31. The lowest BCUT2D eigenvalue weighted by Gasteiger charge is -2.22. The fourth-order valence-corrected chi connectivity index (χ4v) is 2.70. The number of nitrogens with two attached hydrogens (primary N) is 1. The molecule has 4 N–H and O–H groups in total. The molecule has 27 heavy (non-hydrogen) atoms. The lowest BCUT2D eigenvalue weighted by molar-refractivity contribution is -0.123. The first-order valence-electron chi connectivity index (χ1n) is 9.02. The maximum atomic E-state index is 12.8. The second-order valence-electron chi connectivity index (χ2n) is 6.28. The van der Waals surface area contributed by atoms with Crippen molar-refractivity contribution in [2.75, 3.05) is 6.54 Å². The van der Waals surface area contributed by atoms with Gasteiger partial charge in [0.1, 0.15) is 6.04 Å². The fourth-order valence-electron chi connectivity index (χ4n) is 2.70. The summed E-state index contributed by atoms with van der Waals surface area (Å²) in [6.07, 6.45) is 4.67. The highest BCUT2D eigenvalue weighted by Gasteiger charge is 2.24. The molecule has 0 fully saturated rings. The summed E-state index contributed by atoms with van der Waals surface area (Å²) in [5.74, 6) is -0.471. The Bertz CT molecular complexity index is 677. The topological polar surface area (TPSA) is 97.4 Å². The molecule has 0 saturated heterocycles. The van der Waals surface area contributed by atoms with E-state index in [1.165, 1.54) is 6.26 Å². The number of amides is 2. The van der Waals surface area contributed by atoms with Gasteiger partial charge in [-0.25, -0.2) is 0 Å². The minimum absolute atomic E-state index is 0. The van der Waals surface area contributed by atoms with E-state index < -0.39 is 11.9 Å².